The quantitative estimate of drug-likeness (QED) is 0.896. The van der Waals surface area contributed by atoms with E-state index in [4.69, 9.17) is 4.74 Å². The molecule has 3 nitrogen and oxygen atoms in total. The summed E-state index contributed by atoms with van der Waals surface area (Å²) in [5.41, 5.74) is 1.19. The fraction of sp³-hybridized carbons (Fsp3) is 0.294. The van der Waals surface area contributed by atoms with Crippen molar-refractivity contribution < 1.29 is 9.84 Å². The predicted molar refractivity (Wildman–Crippen MR) is 78.7 cm³/mol. The summed E-state index contributed by atoms with van der Waals surface area (Å²) in [4.78, 5) is 0. The van der Waals surface area contributed by atoms with Crippen LogP contribution in [0.5, 0.6) is 5.75 Å². The van der Waals surface area contributed by atoms with Gasteiger partial charge in [0.05, 0.1) is 11.6 Å². The third-order valence-electron chi connectivity index (χ3n) is 3.79. The summed E-state index contributed by atoms with van der Waals surface area (Å²) in [6, 6.07) is 17.9. The molecule has 0 radical (unpaired) electrons. The summed E-state index contributed by atoms with van der Waals surface area (Å²) in [6.07, 6.45) is 0. The highest BCUT2D eigenvalue weighted by Gasteiger charge is 2.28. The molecule has 0 saturated carbocycles. The largest absolute Gasteiger partial charge is 0.491 e. The molecule has 2 aromatic rings. The van der Waals surface area contributed by atoms with Gasteiger partial charge in [-0.15, -0.1) is 0 Å². The second-order valence-electron chi connectivity index (χ2n) is 5.42. The van der Waals surface area contributed by atoms with Gasteiger partial charge < -0.3 is 15.2 Å². The van der Waals surface area contributed by atoms with E-state index in [9.17, 15) is 5.11 Å². The lowest BCUT2D eigenvalue weighted by molar-refractivity contribution is 0.0529. The van der Waals surface area contributed by atoms with Crippen molar-refractivity contribution in [3.05, 3.63) is 65.7 Å². The second-order valence-corrected chi connectivity index (χ2v) is 5.42. The zero-order chi connectivity index (χ0) is 14.0. The Morgan fingerprint density at radius 1 is 1.15 bits per heavy atom. The molecule has 3 rings (SSSR count). The number of rotatable bonds is 4. The Balaban J connectivity index is 1.69. The molecule has 0 aromatic heterocycles. The minimum atomic E-state index is -0.890. The normalized spacial score (nSPS) is 20.0. The van der Waals surface area contributed by atoms with Crippen molar-refractivity contribution in [1.82, 2.24) is 5.32 Å². The van der Waals surface area contributed by atoms with Crippen molar-refractivity contribution >= 4 is 0 Å². The number of para-hydroxylation sites is 1. The highest BCUT2D eigenvalue weighted by molar-refractivity contribution is 5.39. The average molecular weight is 269 g/mol. The number of hydrogen-bond acceptors (Lipinski definition) is 3. The molecular weight excluding hydrogens is 250 g/mol. The molecule has 104 valence electrons. The predicted octanol–water partition coefficient (Wildman–Crippen LogP) is 2.62. The fourth-order valence-corrected chi connectivity index (χ4v) is 2.55. The van der Waals surface area contributed by atoms with Gasteiger partial charge in [-0.2, -0.15) is 0 Å². The Labute approximate surface area is 119 Å². The molecule has 1 aliphatic rings. The summed E-state index contributed by atoms with van der Waals surface area (Å²) in [6.45, 7) is 2.93. The van der Waals surface area contributed by atoms with Gasteiger partial charge in [0.25, 0.3) is 0 Å². The van der Waals surface area contributed by atoms with Crippen LogP contribution in [0.4, 0.5) is 0 Å². The molecule has 1 aliphatic heterocycles. The van der Waals surface area contributed by atoms with E-state index >= 15 is 0 Å². The molecule has 2 atom stereocenters. The molecule has 1 heterocycles. The van der Waals surface area contributed by atoms with Crippen LogP contribution in [-0.4, -0.2) is 18.3 Å². The highest BCUT2D eigenvalue weighted by atomic mass is 16.5. The van der Waals surface area contributed by atoms with Crippen LogP contribution in [0.1, 0.15) is 24.1 Å². The molecular formula is C17H19NO2. The second kappa shape index (κ2) is 5.27. The molecule has 20 heavy (non-hydrogen) atoms. The first kappa shape index (κ1) is 13.2. The minimum Gasteiger partial charge on any atom is -0.491 e. The lowest BCUT2D eigenvalue weighted by Crippen LogP contribution is -2.37. The standard InChI is InChI=1S/C17H19NO2/c1-17(19,13-7-3-2-4-8-13)12-18-15-11-20-16-10-6-5-9-14(15)16/h2-10,15,18-19H,11-12H2,1H3. The van der Waals surface area contributed by atoms with Crippen molar-refractivity contribution in [2.24, 2.45) is 0 Å². The van der Waals surface area contributed by atoms with Gasteiger partial charge in [0, 0.05) is 12.1 Å². The number of fused-ring (bicyclic) bond motifs is 1. The fourth-order valence-electron chi connectivity index (χ4n) is 2.55. The van der Waals surface area contributed by atoms with E-state index in [-0.39, 0.29) is 6.04 Å². The topological polar surface area (TPSA) is 41.5 Å². The van der Waals surface area contributed by atoms with E-state index in [1.807, 2.05) is 55.5 Å². The van der Waals surface area contributed by atoms with E-state index in [1.165, 1.54) is 0 Å². The van der Waals surface area contributed by atoms with Crippen molar-refractivity contribution in [2.45, 2.75) is 18.6 Å². The Bertz CT molecular complexity index is 581. The Morgan fingerprint density at radius 2 is 1.85 bits per heavy atom. The zero-order valence-electron chi connectivity index (χ0n) is 11.5. The highest BCUT2D eigenvalue weighted by Crippen LogP contribution is 2.32. The lowest BCUT2D eigenvalue weighted by atomic mass is 9.95. The van der Waals surface area contributed by atoms with Gasteiger partial charge >= 0.3 is 0 Å². The summed E-state index contributed by atoms with van der Waals surface area (Å²) >= 11 is 0. The van der Waals surface area contributed by atoms with Crippen LogP contribution < -0.4 is 10.1 Å². The maximum absolute atomic E-state index is 10.6. The summed E-state index contributed by atoms with van der Waals surface area (Å²) in [5.74, 6) is 0.935. The van der Waals surface area contributed by atoms with Gasteiger partial charge in [-0.25, -0.2) is 0 Å². The third-order valence-corrected chi connectivity index (χ3v) is 3.79. The van der Waals surface area contributed by atoms with E-state index in [1.54, 1.807) is 0 Å². The van der Waals surface area contributed by atoms with Crippen LogP contribution >= 0.6 is 0 Å². The number of nitrogens with one attached hydrogen (secondary N) is 1. The average Bonchev–Trinajstić information content (AvgIpc) is 2.89. The van der Waals surface area contributed by atoms with Crippen LogP contribution in [0.15, 0.2) is 54.6 Å². The van der Waals surface area contributed by atoms with Crippen LogP contribution in [0, 0.1) is 0 Å². The molecule has 3 heteroatoms. The Kier molecular flexibility index (Phi) is 3.47. The molecule has 2 unspecified atom stereocenters. The van der Waals surface area contributed by atoms with Gasteiger partial charge in [-0.3, -0.25) is 0 Å². The van der Waals surface area contributed by atoms with Crippen molar-refractivity contribution in [3.8, 4) is 5.75 Å². The maximum Gasteiger partial charge on any atom is 0.124 e. The van der Waals surface area contributed by atoms with E-state index in [0.29, 0.717) is 13.2 Å². The first-order valence-electron chi connectivity index (χ1n) is 6.90. The Morgan fingerprint density at radius 3 is 2.65 bits per heavy atom. The summed E-state index contributed by atoms with van der Waals surface area (Å²) < 4.78 is 5.64. The number of ether oxygens (including phenoxy) is 1. The van der Waals surface area contributed by atoms with Crippen molar-refractivity contribution in [2.75, 3.05) is 13.2 Å². The first-order valence-corrected chi connectivity index (χ1v) is 6.90. The molecule has 0 bridgehead atoms. The number of hydrogen-bond donors (Lipinski definition) is 2. The SMILES string of the molecule is CC(O)(CNC1COc2ccccc21)c1ccccc1. The van der Waals surface area contributed by atoms with Crippen LogP contribution in [0.25, 0.3) is 0 Å². The minimum absolute atomic E-state index is 0.140. The van der Waals surface area contributed by atoms with Gasteiger partial charge in [0.1, 0.15) is 12.4 Å². The van der Waals surface area contributed by atoms with E-state index in [2.05, 4.69) is 11.4 Å². The molecule has 0 aliphatic carbocycles. The molecule has 2 aromatic carbocycles. The molecule has 0 spiro atoms. The van der Waals surface area contributed by atoms with Gasteiger partial charge in [-0.05, 0) is 18.6 Å². The smallest absolute Gasteiger partial charge is 0.124 e. The molecule has 2 N–H and O–H groups in total. The van der Waals surface area contributed by atoms with Gasteiger partial charge in [-0.1, -0.05) is 48.5 Å². The van der Waals surface area contributed by atoms with Crippen LogP contribution in [0.3, 0.4) is 0 Å². The van der Waals surface area contributed by atoms with E-state index in [0.717, 1.165) is 16.9 Å². The molecule has 0 saturated heterocycles. The number of benzene rings is 2. The van der Waals surface area contributed by atoms with Crippen molar-refractivity contribution in [3.63, 3.8) is 0 Å². The first-order chi connectivity index (χ1) is 9.67. The van der Waals surface area contributed by atoms with Gasteiger partial charge in [0.2, 0.25) is 0 Å². The summed E-state index contributed by atoms with van der Waals surface area (Å²) in [7, 11) is 0. The van der Waals surface area contributed by atoms with E-state index < -0.39 is 5.60 Å². The van der Waals surface area contributed by atoms with Crippen LogP contribution in [0.2, 0.25) is 0 Å². The third kappa shape index (κ3) is 2.55. The number of aliphatic hydroxyl groups is 1. The lowest BCUT2D eigenvalue weighted by Gasteiger charge is -2.26. The Hall–Kier alpha value is -1.84. The maximum atomic E-state index is 10.6. The van der Waals surface area contributed by atoms with Gasteiger partial charge in [0.15, 0.2) is 0 Å². The van der Waals surface area contributed by atoms with Crippen molar-refractivity contribution in [1.29, 1.82) is 0 Å². The van der Waals surface area contributed by atoms with Crippen LogP contribution in [-0.2, 0) is 5.60 Å². The zero-order valence-corrected chi connectivity index (χ0v) is 11.5. The summed E-state index contributed by atoms with van der Waals surface area (Å²) in [5, 5.41) is 14.0. The molecule has 0 fully saturated rings. The monoisotopic (exact) mass is 269 g/mol. The molecule has 0 amide bonds.